The molecule has 0 unspecified atom stereocenters. The number of aliphatic hydroxyl groups excluding tert-OH is 1. The molecule has 2 aromatic rings. The molecule has 126 valence electrons. The van der Waals surface area contributed by atoms with Crippen LogP contribution in [-0.2, 0) is 13.1 Å². The van der Waals surface area contributed by atoms with E-state index in [2.05, 4.69) is 10.4 Å². The summed E-state index contributed by atoms with van der Waals surface area (Å²) in [7, 11) is 1.45. The van der Waals surface area contributed by atoms with Crippen LogP contribution < -0.4 is 10.1 Å². The van der Waals surface area contributed by atoms with Crippen molar-refractivity contribution < 1.29 is 14.2 Å². The Balaban J connectivity index is 2.07. The monoisotopic (exact) mass is 321 g/mol. The fourth-order valence-corrected chi connectivity index (χ4v) is 2.63. The second-order valence-electron chi connectivity index (χ2n) is 5.59. The van der Waals surface area contributed by atoms with Crippen molar-refractivity contribution in [1.29, 1.82) is 0 Å². The summed E-state index contributed by atoms with van der Waals surface area (Å²) in [5.41, 5.74) is 3.95. The van der Waals surface area contributed by atoms with Gasteiger partial charge in [-0.1, -0.05) is 6.07 Å². The molecule has 0 aliphatic heterocycles. The van der Waals surface area contributed by atoms with Crippen molar-refractivity contribution in [1.82, 2.24) is 15.1 Å². The van der Waals surface area contributed by atoms with Crippen LogP contribution in [0.5, 0.6) is 5.75 Å². The molecule has 0 aliphatic rings. The number of halogens is 1. The Morgan fingerprint density at radius 3 is 2.74 bits per heavy atom. The van der Waals surface area contributed by atoms with Crippen LogP contribution in [0.3, 0.4) is 0 Å². The van der Waals surface area contributed by atoms with E-state index in [0.717, 1.165) is 22.5 Å². The van der Waals surface area contributed by atoms with Crippen LogP contribution >= 0.6 is 0 Å². The maximum Gasteiger partial charge on any atom is 0.165 e. The Morgan fingerprint density at radius 1 is 1.39 bits per heavy atom. The van der Waals surface area contributed by atoms with Gasteiger partial charge >= 0.3 is 0 Å². The van der Waals surface area contributed by atoms with Gasteiger partial charge in [-0.3, -0.25) is 4.68 Å². The van der Waals surface area contributed by atoms with Gasteiger partial charge in [-0.25, -0.2) is 4.39 Å². The van der Waals surface area contributed by atoms with Crippen LogP contribution in [0.2, 0.25) is 0 Å². The van der Waals surface area contributed by atoms with Crippen molar-refractivity contribution in [3.63, 3.8) is 0 Å². The molecule has 5 nitrogen and oxygen atoms in total. The Morgan fingerprint density at radius 2 is 2.13 bits per heavy atom. The highest BCUT2D eigenvalue weighted by Gasteiger charge is 2.14. The fraction of sp³-hybridized carbons (Fsp3) is 0.471. The van der Waals surface area contributed by atoms with Crippen molar-refractivity contribution in [3.05, 3.63) is 46.5 Å². The van der Waals surface area contributed by atoms with Crippen LogP contribution in [0.15, 0.2) is 18.2 Å². The number of hydrogen-bond donors (Lipinski definition) is 2. The lowest BCUT2D eigenvalue weighted by molar-refractivity contribution is 0.267. The van der Waals surface area contributed by atoms with E-state index in [9.17, 15) is 4.39 Å². The number of methoxy groups -OCH3 is 1. The molecule has 0 aliphatic carbocycles. The third-order valence-corrected chi connectivity index (χ3v) is 4.10. The molecule has 0 bridgehead atoms. The quantitative estimate of drug-likeness (QED) is 0.822. The summed E-state index contributed by atoms with van der Waals surface area (Å²) >= 11 is 0. The smallest absolute Gasteiger partial charge is 0.165 e. The van der Waals surface area contributed by atoms with Crippen LogP contribution in [0, 0.1) is 19.7 Å². The minimum Gasteiger partial charge on any atom is -0.494 e. The summed E-state index contributed by atoms with van der Waals surface area (Å²) in [5.74, 6) is -0.111. The third kappa shape index (κ3) is 3.89. The van der Waals surface area contributed by atoms with E-state index in [-0.39, 0.29) is 24.2 Å². The zero-order chi connectivity index (χ0) is 17.0. The van der Waals surface area contributed by atoms with E-state index in [1.54, 1.807) is 6.07 Å². The van der Waals surface area contributed by atoms with Gasteiger partial charge in [0.2, 0.25) is 0 Å². The lowest BCUT2D eigenvalue weighted by atomic mass is 10.1. The Labute approximate surface area is 136 Å². The largest absolute Gasteiger partial charge is 0.494 e. The van der Waals surface area contributed by atoms with Gasteiger partial charge in [-0.2, -0.15) is 5.10 Å². The van der Waals surface area contributed by atoms with Crippen LogP contribution in [0.1, 0.15) is 35.5 Å². The maximum atomic E-state index is 13.8. The van der Waals surface area contributed by atoms with Gasteiger partial charge in [0.15, 0.2) is 11.6 Å². The molecule has 1 aromatic heterocycles. The maximum absolute atomic E-state index is 13.8. The standard InChI is InChI=1S/C17H24FN3O2/c1-11(14-5-6-17(23-4)16(18)9-14)19-10-15-12(2)20-21(7-8-22)13(15)3/h5-6,9,11,19,22H,7-8,10H2,1-4H3/t11-/m0/s1. The number of hydrogen-bond acceptors (Lipinski definition) is 4. The van der Waals surface area contributed by atoms with E-state index >= 15 is 0 Å². The molecule has 1 atom stereocenters. The molecule has 0 fully saturated rings. The first-order valence-electron chi connectivity index (χ1n) is 7.68. The number of nitrogens with one attached hydrogen (secondary N) is 1. The van der Waals surface area contributed by atoms with Gasteiger partial charge in [0.1, 0.15) is 0 Å². The second-order valence-corrected chi connectivity index (χ2v) is 5.59. The highest BCUT2D eigenvalue weighted by molar-refractivity contribution is 5.31. The first-order chi connectivity index (χ1) is 11.0. The highest BCUT2D eigenvalue weighted by Crippen LogP contribution is 2.22. The number of benzene rings is 1. The zero-order valence-electron chi connectivity index (χ0n) is 14.1. The number of ether oxygens (including phenoxy) is 1. The van der Waals surface area contributed by atoms with Crippen molar-refractivity contribution in [2.24, 2.45) is 0 Å². The summed E-state index contributed by atoms with van der Waals surface area (Å²) in [6.45, 7) is 7.13. The number of rotatable bonds is 7. The Kier molecular flexibility index (Phi) is 5.74. The van der Waals surface area contributed by atoms with Crippen LogP contribution in [0.4, 0.5) is 4.39 Å². The molecule has 0 radical (unpaired) electrons. The van der Waals surface area contributed by atoms with Gasteiger partial charge in [0.25, 0.3) is 0 Å². The minimum atomic E-state index is -0.359. The average Bonchev–Trinajstić information content (AvgIpc) is 2.79. The third-order valence-electron chi connectivity index (χ3n) is 4.10. The second kappa shape index (κ2) is 7.57. The summed E-state index contributed by atoms with van der Waals surface area (Å²) in [6.07, 6.45) is 0. The lowest BCUT2D eigenvalue weighted by Crippen LogP contribution is -2.19. The number of nitrogens with zero attached hydrogens (tertiary/aromatic N) is 2. The van der Waals surface area contributed by atoms with Gasteiger partial charge in [0, 0.05) is 23.8 Å². The van der Waals surface area contributed by atoms with Crippen molar-refractivity contribution >= 4 is 0 Å². The molecule has 0 saturated heterocycles. The molecular weight excluding hydrogens is 297 g/mol. The first kappa shape index (κ1) is 17.4. The van der Waals surface area contributed by atoms with Gasteiger partial charge in [-0.15, -0.1) is 0 Å². The van der Waals surface area contributed by atoms with Gasteiger partial charge in [-0.05, 0) is 38.5 Å². The van der Waals surface area contributed by atoms with Crippen molar-refractivity contribution in [3.8, 4) is 5.75 Å². The molecule has 0 spiro atoms. The summed E-state index contributed by atoms with van der Waals surface area (Å²) < 4.78 is 20.5. The minimum absolute atomic E-state index is 0.00426. The van der Waals surface area contributed by atoms with E-state index in [1.807, 2.05) is 31.5 Å². The van der Waals surface area contributed by atoms with Crippen LogP contribution in [0.25, 0.3) is 0 Å². The molecule has 23 heavy (non-hydrogen) atoms. The topological polar surface area (TPSA) is 59.3 Å². The fourth-order valence-electron chi connectivity index (χ4n) is 2.63. The number of aliphatic hydroxyl groups is 1. The zero-order valence-corrected chi connectivity index (χ0v) is 14.1. The molecular formula is C17H24FN3O2. The molecule has 0 saturated carbocycles. The molecule has 2 rings (SSSR count). The van der Waals surface area contributed by atoms with E-state index in [4.69, 9.17) is 9.84 Å². The van der Waals surface area contributed by atoms with E-state index < -0.39 is 0 Å². The van der Waals surface area contributed by atoms with Gasteiger partial charge < -0.3 is 15.2 Å². The predicted octanol–water partition coefficient (Wildman–Crippen LogP) is 2.49. The van der Waals surface area contributed by atoms with Crippen LogP contribution in [-0.4, -0.2) is 28.6 Å². The van der Waals surface area contributed by atoms with Gasteiger partial charge in [0.05, 0.1) is 26.0 Å². The average molecular weight is 321 g/mol. The molecule has 0 amide bonds. The van der Waals surface area contributed by atoms with E-state index in [1.165, 1.54) is 13.2 Å². The molecule has 2 N–H and O–H groups in total. The van der Waals surface area contributed by atoms with Crippen molar-refractivity contribution in [2.45, 2.75) is 39.9 Å². The summed E-state index contributed by atoms with van der Waals surface area (Å²) in [4.78, 5) is 0. The molecule has 1 aromatic carbocycles. The summed E-state index contributed by atoms with van der Waals surface area (Å²) in [6, 6.07) is 4.98. The molecule has 1 heterocycles. The number of aromatic nitrogens is 2. The first-order valence-corrected chi connectivity index (χ1v) is 7.68. The lowest BCUT2D eigenvalue weighted by Gasteiger charge is -2.15. The molecule has 6 heteroatoms. The Bertz CT molecular complexity index is 670. The van der Waals surface area contributed by atoms with E-state index in [0.29, 0.717) is 13.1 Å². The predicted molar refractivity (Wildman–Crippen MR) is 87.0 cm³/mol. The number of aryl methyl sites for hydroxylation is 1. The SMILES string of the molecule is COc1ccc([C@H](C)NCc2c(C)nn(CCO)c2C)cc1F. The Hall–Kier alpha value is -1.92. The normalized spacial score (nSPS) is 12.4. The summed E-state index contributed by atoms with van der Waals surface area (Å²) in [5, 5.41) is 16.9. The highest BCUT2D eigenvalue weighted by atomic mass is 19.1. The van der Waals surface area contributed by atoms with Crippen molar-refractivity contribution in [2.75, 3.05) is 13.7 Å².